The summed E-state index contributed by atoms with van der Waals surface area (Å²) in [6.45, 7) is 4.45. The minimum Gasteiger partial charge on any atom is -0.0885 e. The van der Waals surface area contributed by atoms with Gasteiger partial charge in [-0.3, -0.25) is 0 Å². The van der Waals surface area contributed by atoms with Gasteiger partial charge in [-0.2, -0.15) is 0 Å². The second-order valence-corrected chi connectivity index (χ2v) is 6.45. The molecule has 0 aromatic heterocycles. The number of hydrogen-bond donors (Lipinski definition) is 0. The van der Waals surface area contributed by atoms with Gasteiger partial charge in [-0.15, -0.1) is 0 Å². The third kappa shape index (κ3) is 9.07. The molecule has 0 saturated heterocycles. The monoisotopic (exact) mass is 300 g/mol. The molecule has 0 radical (unpaired) electrons. The molecular formula is C22H36. The Kier molecular flexibility index (Phi) is 11.8. The summed E-state index contributed by atoms with van der Waals surface area (Å²) in [5.74, 6) is 1.74. The van der Waals surface area contributed by atoms with Crippen LogP contribution in [0.15, 0.2) is 48.6 Å². The summed E-state index contributed by atoms with van der Waals surface area (Å²) in [5, 5.41) is 0. The molecular weight excluding hydrogens is 264 g/mol. The molecule has 1 saturated carbocycles. The van der Waals surface area contributed by atoms with E-state index in [4.69, 9.17) is 0 Å². The highest BCUT2D eigenvalue weighted by Gasteiger charge is 2.23. The lowest BCUT2D eigenvalue weighted by molar-refractivity contribution is 0.463. The number of unbranched alkanes of at least 4 members (excludes halogenated alkanes) is 2. The molecule has 0 aromatic carbocycles. The van der Waals surface area contributed by atoms with E-state index in [9.17, 15) is 0 Å². The third-order valence-corrected chi connectivity index (χ3v) is 4.54. The van der Waals surface area contributed by atoms with Crippen molar-refractivity contribution in [3.8, 4) is 0 Å². The van der Waals surface area contributed by atoms with E-state index in [1.165, 1.54) is 44.9 Å². The first-order valence-electron chi connectivity index (χ1n) is 9.50. The highest BCUT2D eigenvalue weighted by Crippen LogP contribution is 2.35. The van der Waals surface area contributed by atoms with Crippen molar-refractivity contribution in [1.82, 2.24) is 0 Å². The van der Waals surface area contributed by atoms with Crippen LogP contribution in [0.5, 0.6) is 0 Å². The molecule has 1 fully saturated rings. The molecule has 124 valence electrons. The summed E-state index contributed by atoms with van der Waals surface area (Å²) >= 11 is 0. The van der Waals surface area contributed by atoms with Gasteiger partial charge in [-0.25, -0.2) is 0 Å². The van der Waals surface area contributed by atoms with Crippen LogP contribution in [0, 0.1) is 11.8 Å². The summed E-state index contributed by atoms with van der Waals surface area (Å²) in [4.78, 5) is 0. The van der Waals surface area contributed by atoms with Crippen molar-refractivity contribution in [1.29, 1.82) is 0 Å². The second kappa shape index (κ2) is 13.6. The van der Waals surface area contributed by atoms with E-state index in [1.807, 2.05) is 0 Å². The van der Waals surface area contributed by atoms with Crippen LogP contribution in [0.3, 0.4) is 0 Å². The van der Waals surface area contributed by atoms with Crippen molar-refractivity contribution < 1.29 is 0 Å². The Labute approximate surface area is 139 Å². The Morgan fingerprint density at radius 3 is 2.27 bits per heavy atom. The molecule has 1 rings (SSSR count). The summed E-state index contributed by atoms with van der Waals surface area (Å²) in [6, 6.07) is 0. The number of rotatable bonds is 11. The molecule has 1 aliphatic carbocycles. The van der Waals surface area contributed by atoms with Gasteiger partial charge in [0.2, 0.25) is 0 Å². The van der Waals surface area contributed by atoms with Gasteiger partial charge in [0, 0.05) is 0 Å². The maximum Gasteiger partial charge on any atom is -0.0169 e. The number of allylic oxidation sites excluding steroid dienone is 8. The van der Waals surface area contributed by atoms with Crippen molar-refractivity contribution >= 4 is 0 Å². The largest absolute Gasteiger partial charge is 0.0885 e. The summed E-state index contributed by atoms with van der Waals surface area (Å²) < 4.78 is 0. The average molecular weight is 301 g/mol. The number of hydrogen-bond acceptors (Lipinski definition) is 0. The molecule has 1 aliphatic rings. The summed E-state index contributed by atoms with van der Waals surface area (Å²) in [5.41, 5.74) is 0. The maximum atomic E-state index is 2.52. The van der Waals surface area contributed by atoms with E-state index >= 15 is 0 Å². The zero-order chi connectivity index (χ0) is 15.9. The Balaban J connectivity index is 2.17. The van der Waals surface area contributed by atoms with Crippen molar-refractivity contribution in [2.45, 2.75) is 78.1 Å². The van der Waals surface area contributed by atoms with E-state index < -0.39 is 0 Å². The second-order valence-electron chi connectivity index (χ2n) is 6.45. The Bertz CT molecular complexity index is 356. The summed E-state index contributed by atoms with van der Waals surface area (Å²) in [7, 11) is 0. The van der Waals surface area contributed by atoms with Crippen molar-refractivity contribution in [2.24, 2.45) is 11.8 Å². The fraction of sp³-hybridized carbons (Fsp3) is 0.636. The topological polar surface area (TPSA) is 0 Å². The predicted octanol–water partition coefficient (Wildman–Crippen LogP) is 7.40. The van der Waals surface area contributed by atoms with Crippen LogP contribution >= 0.6 is 0 Å². The molecule has 0 N–H and O–H groups in total. The first-order chi connectivity index (χ1) is 10.9. The smallest absolute Gasteiger partial charge is 0.0169 e. The zero-order valence-electron chi connectivity index (χ0n) is 14.8. The Morgan fingerprint density at radius 2 is 1.55 bits per heavy atom. The van der Waals surface area contributed by atoms with Gasteiger partial charge < -0.3 is 0 Å². The van der Waals surface area contributed by atoms with Gasteiger partial charge in [0.1, 0.15) is 0 Å². The standard InChI is InChI=1S/C22H36/c1-3-5-7-9-10-11-12-13-15-18-22-20-16-19-21(22)17-14-8-6-4-2/h5,7,10-11,13-15,17,21-22H,3-4,6,8-9,12,16,18-20H2,1-2H3/b7-5-,11-10-,15-13-,17-14+/t21-,22+/m1/s1. The quantitative estimate of drug-likeness (QED) is 0.275. The summed E-state index contributed by atoms with van der Waals surface area (Å²) in [6.07, 6.45) is 31.5. The van der Waals surface area contributed by atoms with Crippen molar-refractivity contribution in [3.05, 3.63) is 48.6 Å². The van der Waals surface area contributed by atoms with Gasteiger partial charge in [-0.1, -0.05) is 81.7 Å². The van der Waals surface area contributed by atoms with Crippen LogP contribution in [0.2, 0.25) is 0 Å². The van der Waals surface area contributed by atoms with Crippen molar-refractivity contribution in [3.63, 3.8) is 0 Å². The van der Waals surface area contributed by atoms with Gasteiger partial charge in [0.25, 0.3) is 0 Å². The van der Waals surface area contributed by atoms with E-state index in [0.29, 0.717) is 0 Å². The molecule has 0 nitrogen and oxygen atoms in total. The first kappa shape index (κ1) is 19.0. The molecule has 0 aliphatic heterocycles. The highest BCUT2D eigenvalue weighted by atomic mass is 14.3. The Hall–Kier alpha value is -1.04. The van der Waals surface area contributed by atoms with Crippen LogP contribution in [-0.4, -0.2) is 0 Å². The van der Waals surface area contributed by atoms with Crippen molar-refractivity contribution in [2.75, 3.05) is 0 Å². The van der Waals surface area contributed by atoms with E-state index in [0.717, 1.165) is 31.1 Å². The molecule has 0 unspecified atom stereocenters. The molecule has 0 heterocycles. The molecule has 2 atom stereocenters. The molecule has 0 amide bonds. The van der Waals surface area contributed by atoms with Crippen LogP contribution in [0.25, 0.3) is 0 Å². The van der Waals surface area contributed by atoms with E-state index in [1.54, 1.807) is 0 Å². The minimum absolute atomic E-state index is 0.844. The molecule has 22 heavy (non-hydrogen) atoms. The fourth-order valence-corrected chi connectivity index (χ4v) is 3.18. The lowest BCUT2D eigenvalue weighted by Gasteiger charge is -2.13. The maximum absolute atomic E-state index is 2.52. The van der Waals surface area contributed by atoms with Gasteiger partial charge in [0.05, 0.1) is 0 Å². The highest BCUT2D eigenvalue weighted by molar-refractivity contribution is 5.00. The van der Waals surface area contributed by atoms with Crippen LogP contribution in [0.1, 0.15) is 78.1 Å². The van der Waals surface area contributed by atoms with E-state index in [2.05, 4.69) is 62.5 Å². The van der Waals surface area contributed by atoms with Gasteiger partial charge in [-0.05, 0) is 56.8 Å². The van der Waals surface area contributed by atoms with Gasteiger partial charge >= 0.3 is 0 Å². The van der Waals surface area contributed by atoms with E-state index in [-0.39, 0.29) is 0 Å². The fourth-order valence-electron chi connectivity index (χ4n) is 3.18. The third-order valence-electron chi connectivity index (χ3n) is 4.54. The average Bonchev–Trinajstić information content (AvgIpc) is 2.97. The van der Waals surface area contributed by atoms with Crippen LogP contribution in [-0.2, 0) is 0 Å². The predicted molar refractivity (Wildman–Crippen MR) is 101 cm³/mol. The van der Waals surface area contributed by atoms with Crippen LogP contribution < -0.4 is 0 Å². The first-order valence-corrected chi connectivity index (χ1v) is 9.50. The molecule has 0 spiro atoms. The normalized spacial score (nSPS) is 23.0. The lowest BCUT2D eigenvalue weighted by Crippen LogP contribution is -2.03. The van der Waals surface area contributed by atoms with Gasteiger partial charge in [0.15, 0.2) is 0 Å². The molecule has 0 bridgehead atoms. The minimum atomic E-state index is 0.844. The molecule has 0 aromatic rings. The van der Waals surface area contributed by atoms with Crippen LogP contribution in [0.4, 0.5) is 0 Å². The SMILES string of the molecule is CC/C=C\C/C=C\C/C=C\C[C@H]1CCC[C@H]1/C=C/CCCC. The lowest BCUT2D eigenvalue weighted by atomic mass is 9.92. The zero-order valence-corrected chi connectivity index (χ0v) is 14.8. The molecule has 0 heteroatoms. The Morgan fingerprint density at radius 1 is 0.818 bits per heavy atom.